The van der Waals surface area contributed by atoms with Crippen LogP contribution in [0.1, 0.15) is 41.3 Å². The van der Waals surface area contributed by atoms with Gasteiger partial charge in [-0.15, -0.1) is 0 Å². The van der Waals surface area contributed by atoms with E-state index in [1.807, 2.05) is 0 Å². The molecule has 2 heterocycles. The van der Waals surface area contributed by atoms with E-state index in [9.17, 15) is 24.6 Å². The van der Waals surface area contributed by atoms with Gasteiger partial charge in [0.2, 0.25) is 18.6 Å². The average Bonchev–Trinajstić information content (AvgIpc) is 3.59. The van der Waals surface area contributed by atoms with E-state index in [1.165, 1.54) is 24.2 Å². The van der Waals surface area contributed by atoms with Crippen molar-refractivity contribution in [1.29, 1.82) is 0 Å². The maximum Gasteiger partial charge on any atom is 0.247 e. The molecule has 3 aliphatic rings. The van der Waals surface area contributed by atoms with Crippen molar-refractivity contribution in [3.8, 4) is 23.0 Å². The fourth-order valence-corrected chi connectivity index (χ4v) is 5.45. The maximum atomic E-state index is 13.6. The smallest absolute Gasteiger partial charge is 0.247 e. The van der Waals surface area contributed by atoms with Crippen LogP contribution >= 0.6 is 0 Å². The van der Waals surface area contributed by atoms with Crippen molar-refractivity contribution in [3.63, 3.8) is 0 Å². The number of nitrogens with zero attached hydrogens (tertiary/aromatic N) is 1. The third-order valence-corrected chi connectivity index (χ3v) is 7.26. The van der Waals surface area contributed by atoms with Gasteiger partial charge in [-0.3, -0.25) is 14.4 Å². The molecule has 0 bridgehead atoms. The molecule has 0 unspecified atom stereocenters. The van der Waals surface area contributed by atoms with Gasteiger partial charge in [-0.1, -0.05) is 11.6 Å². The number of allylic oxidation sites excluding steroid dienone is 1. The van der Waals surface area contributed by atoms with E-state index in [0.29, 0.717) is 34.7 Å². The molecular formula is C30H32N2O9. The molecule has 0 aromatic heterocycles. The Morgan fingerprint density at radius 3 is 2.66 bits per heavy atom. The Bertz CT molecular complexity index is 1430. The van der Waals surface area contributed by atoms with Gasteiger partial charge in [-0.05, 0) is 49.8 Å². The minimum Gasteiger partial charge on any atom is -0.493 e. The van der Waals surface area contributed by atoms with Crippen LogP contribution in [-0.4, -0.2) is 78.5 Å². The largest absolute Gasteiger partial charge is 0.493 e. The van der Waals surface area contributed by atoms with Crippen LogP contribution in [0.3, 0.4) is 0 Å². The molecular weight excluding hydrogens is 532 g/mol. The number of nitrogens with one attached hydrogen (secondary N) is 1. The molecule has 4 atom stereocenters. The number of amides is 2. The monoisotopic (exact) mass is 564 g/mol. The highest BCUT2D eigenvalue weighted by atomic mass is 16.7. The number of hydrogen-bond donors (Lipinski definition) is 3. The number of rotatable bonds is 9. The number of methoxy groups -OCH3 is 1. The lowest BCUT2D eigenvalue weighted by atomic mass is 9.77. The molecule has 0 radical (unpaired) electrons. The van der Waals surface area contributed by atoms with Gasteiger partial charge in [0.05, 0.1) is 25.7 Å². The Kier molecular flexibility index (Phi) is 8.00. The van der Waals surface area contributed by atoms with Gasteiger partial charge >= 0.3 is 0 Å². The lowest BCUT2D eigenvalue weighted by molar-refractivity contribution is -0.133. The zero-order chi connectivity index (χ0) is 29.3. The van der Waals surface area contributed by atoms with Gasteiger partial charge in [0.15, 0.2) is 23.0 Å². The zero-order valence-corrected chi connectivity index (χ0v) is 23.0. The molecule has 2 aromatic rings. The minimum atomic E-state index is -1.25. The summed E-state index contributed by atoms with van der Waals surface area (Å²) in [4.78, 5) is 40.2. The van der Waals surface area contributed by atoms with Crippen LogP contribution in [0, 0.1) is 0 Å². The first-order valence-electron chi connectivity index (χ1n) is 13.2. The van der Waals surface area contributed by atoms with Crippen LogP contribution in [0.25, 0.3) is 0 Å². The fourth-order valence-electron chi connectivity index (χ4n) is 5.45. The van der Waals surface area contributed by atoms with Crippen LogP contribution < -0.4 is 24.3 Å². The highest BCUT2D eigenvalue weighted by Crippen LogP contribution is 2.51. The van der Waals surface area contributed by atoms with E-state index in [0.717, 1.165) is 11.1 Å². The van der Waals surface area contributed by atoms with Crippen LogP contribution in [0.5, 0.6) is 23.0 Å². The van der Waals surface area contributed by atoms with Gasteiger partial charge in [0.25, 0.3) is 0 Å². The Morgan fingerprint density at radius 2 is 1.95 bits per heavy atom. The molecule has 2 amide bonds. The van der Waals surface area contributed by atoms with Crippen molar-refractivity contribution in [3.05, 3.63) is 70.3 Å². The lowest BCUT2D eigenvalue weighted by Gasteiger charge is -2.40. The van der Waals surface area contributed by atoms with Gasteiger partial charge in [0, 0.05) is 35.9 Å². The van der Waals surface area contributed by atoms with Crippen LogP contribution in [-0.2, 0) is 16.1 Å². The third-order valence-electron chi connectivity index (χ3n) is 7.26. The predicted molar refractivity (Wildman–Crippen MR) is 146 cm³/mol. The summed E-state index contributed by atoms with van der Waals surface area (Å²) < 4.78 is 22.6. The summed E-state index contributed by atoms with van der Waals surface area (Å²) in [7, 11) is 1.44. The summed E-state index contributed by atoms with van der Waals surface area (Å²) in [5.74, 6) is 0.133. The molecule has 216 valence electrons. The average molecular weight is 565 g/mol. The molecule has 0 saturated carbocycles. The lowest BCUT2D eigenvalue weighted by Crippen LogP contribution is -2.55. The highest BCUT2D eigenvalue weighted by Gasteiger charge is 2.51. The molecule has 11 nitrogen and oxygen atoms in total. The number of ether oxygens (including phenoxy) is 4. The normalized spacial score (nSPS) is 21.5. The van der Waals surface area contributed by atoms with Crippen molar-refractivity contribution < 1.29 is 43.5 Å². The Balaban J connectivity index is 1.60. The molecule has 0 spiro atoms. The summed E-state index contributed by atoms with van der Waals surface area (Å²) in [6, 6.07) is 7.49. The van der Waals surface area contributed by atoms with Gasteiger partial charge in [-0.25, -0.2) is 0 Å². The molecule has 0 saturated heterocycles. The Morgan fingerprint density at radius 1 is 1.17 bits per heavy atom. The van der Waals surface area contributed by atoms with Crippen molar-refractivity contribution in [2.75, 3.05) is 27.1 Å². The number of aliphatic hydroxyl groups is 2. The highest BCUT2D eigenvalue weighted by molar-refractivity contribution is 5.97. The van der Waals surface area contributed by atoms with Gasteiger partial charge in [-0.2, -0.15) is 0 Å². The van der Waals surface area contributed by atoms with Gasteiger partial charge < -0.3 is 39.4 Å². The van der Waals surface area contributed by atoms with Crippen molar-refractivity contribution >= 4 is 18.1 Å². The van der Waals surface area contributed by atoms with Crippen molar-refractivity contribution in [2.45, 2.75) is 44.6 Å². The number of fused-ring (bicyclic) bond motifs is 4. The molecule has 41 heavy (non-hydrogen) atoms. The Labute approximate surface area is 236 Å². The maximum absolute atomic E-state index is 13.6. The van der Waals surface area contributed by atoms with Crippen molar-refractivity contribution in [1.82, 2.24) is 10.2 Å². The van der Waals surface area contributed by atoms with Gasteiger partial charge in [0.1, 0.15) is 18.5 Å². The number of carbonyl (C=O) groups excluding carboxylic acids is 3. The first kappa shape index (κ1) is 28.2. The van der Waals surface area contributed by atoms with E-state index in [2.05, 4.69) is 5.32 Å². The second-order valence-electron chi connectivity index (χ2n) is 10.3. The predicted octanol–water partition coefficient (Wildman–Crippen LogP) is 1.85. The Hall–Kier alpha value is -4.35. The van der Waals surface area contributed by atoms with E-state index in [1.54, 1.807) is 44.2 Å². The number of carbonyl (C=O) groups is 3. The SMILES string of the molecule is COc1cc(C=O)cc2c1O[C@@H]1[C@@H](O)[C@H](N(Cc3ccc4c(c3)OCO4)C(=O)C=C(C)C)C=C(C(=O)NCCO)[C@H]21. The quantitative estimate of drug-likeness (QED) is 0.307. The number of hydrogen-bond acceptors (Lipinski definition) is 9. The summed E-state index contributed by atoms with van der Waals surface area (Å²) in [5.41, 5.74) is 2.56. The molecule has 5 rings (SSSR count). The molecule has 2 aromatic carbocycles. The molecule has 1 aliphatic carbocycles. The molecule has 0 fully saturated rings. The summed E-state index contributed by atoms with van der Waals surface area (Å²) in [6.07, 6.45) is 1.48. The number of aldehydes is 1. The molecule has 2 aliphatic heterocycles. The second kappa shape index (κ2) is 11.6. The van der Waals surface area contributed by atoms with E-state index in [4.69, 9.17) is 18.9 Å². The van der Waals surface area contributed by atoms with E-state index < -0.39 is 30.1 Å². The van der Waals surface area contributed by atoms with E-state index in [-0.39, 0.29) is 43.7 Å². The number of aliphatic hydroxyl groups excluding tert-OH is 2. The first-order chi connectivity index (χ1) is 19.7. The third kappa shape index (κ3) is 5.38. The fraction of sp³-hybridized carbons (Fsp3) is 0.367. The summed E-state index contributed by atoms with van der Waals surface area (Å²) >= 11 is 0. The summed E-state index contributed by atoms with van der Waals surface area (Å²) in [6.45, 7) is 3.51. The minimum absolute atomic E-state index is 0.00377. The number of benzene rings is 2. The van der Waals surface area contributed by atoms with Crippen LogP contribution in [0.2, 0.25) is 0 Å². The van der Waals surface area contributed by atoms with Crippen LogP contribution in [0.4, 0.5) is 0 Å². The molecule has 3 N–H and O–H groups in total. The standard InChI is InChI=1S/C30H32N2O9/c1-16(2)8-25(35)32(13-17-4-5-22-23(10-17)40-15-39-22)21-12-20(30(37)31-6-7-33)26-19-9-18(14-34)11-24(38-3)28(19)41-29(26)27(21)36/h4-5,8-12,14,21,26-27,29,33,36H,6-7,13,15H2,1-3H3,(H,31,37)/t21-,26+,27+,29+/m1/s1. The second-order valence-corrected chi connectivity index (χ2v) is 10.3. The summed E-state index contributed by atoms with van der Waals surface area (Å²) in [5, 5.41) is 23.8. The topological polar surface area (TPSA) is 144 Å². The zero-order valence-electron chi connectivity index (χ0n) is 23.0. The van der Waals surface area contributed by atoms with Crippen LogP contribution in [0.15, 0.2) is 53.6 Å². The van der Waals surface area contributed by atoms with Crippen molar-refractivity contribution in [2.24, 2.45) is 0 Å². The molecule has 11 heteroatoms. The first-order valence-corrected chi connectivity index (χ1v) is 13.2. The van der Waals surface area contributed by atoms with E-state index >= 15 is 0 Å².